The molecule has 0 N–H and O–H groups in total. The lowest BCUT2D eigenvalue weighted by atomic mass is 9.99. The van der Waals surface area contributed by atoms with Crippen molar-refractivity contribution < 1.29 is 13.9 Å². The maximum Gasteiger partial charge on any atom is 0.167 e. The second-order valence-corrected chi connectivity index (χ2v) is 5.66. The molecule has 0 aliphatic carbocycles. The zero-order valence-electron chi connectivity index (χ0n) is 11.5. The number of carbonyl (C=O) groups excluding carboxylic acids is 1. The van der Waals surface area contributed by atoms with Crippen molar-refractivity contribution in [1.82, 2.24) is 0 Å². The molecule has 1 aliphatic rings. The number of carbonyl (C=O) groups is 1. The molecule has 0 saturated heterocycles. The standard InChI is InChI=1S/C17H14ClFO2/c1-10-7-12-8-11(5-6-17(12)21-10)16(20)9-13-14(18)3-2-4-15(13)19/h2-6,8,10H,7,9H2,1H3. The summed E-state index contributed by atoms with van der Waals surface area (Å²) in [6.07, 6.45) is 0.879. The van der Waals surface area contributed by atoms with Crippen LogP contribution in [0, 0.1) is 5.82 Å². The number of hydrogen-bond acceptors (Lipinski definition) is 2. The number of ketones is 1. The average Bonchev–Trinajstić information content (AvgIpc) is 2.81. The third kappa shape index (κ3) is 2.79. The van der Waals surface area contributed by atoms with Gasteiger partial charge in [-0.3, -0.25) is 4.79 Å². The number of fused-ring (bicyclic) bond motifs is 1. The number of ether oxygens (including phenoxy) is 1. The van der Waals surface area contributed by atoms with Crippen LogP contribution in [0.4, 0.5) is 4.39 Å². The number of benzene rings is 2. The summed E-state index contributed by atoms with van der Waals surface area (Å²) in [6.45, 7) is 1.99. The fourth-order valence-corrected chi connectivity index (χ4v) is 2.79. The Morgan fingerprint density at radius 3 is 2.95 bits per heavy atom. The Morgan fingerprint density at radius 2 is 2.19 bits per heavy atom. The van der Waals surface area contributed by atoms with E-state index in [9.17, 15) is 9.18 Å². The Kier molecular flexibility index (Phi) is 3.68. The first kappa shape index (κ1) is 14.1. The van der Waals surface area contributed by atoms with E-state index in [2.05, 4.69) is 0 Å². The van der Waals surface area contributed by atoms with Crippen LogP contribution in [0.5, 0.6) is 5.75 Å². The van der Waals surface area contributed by atoms with Crippen molar-refractivity contribution in [1.29, 1.82) is 0 Å². The molecule has 1 aliphatic heterocycles. The highest BCUT2D eigenvalue weighted by Crippen LogP contribution is 2.30. The fourth-order valence-electron chi connectivity index (χ4n) is 2.56. The lowest BCUT2D eigenvalue weighted by Crippen LogP contribution is -2.06. The summed E-state index contributed by atoms with van der Waals surface area (Å²) >= 11 is 5.96. The van der Waals surface area contributed by atoms with Crippen molar-refractivity contribution in [3.05, 3.63) is 63.9 Å². The summed E-state index contributed by atoms with van der Waals surface area (Å²) in [7, 11) is 0. The van der Waals surface area contributed by atoms with Crippen molar-refractivity contribution in [2.24, 2.45) is 0 Å². The topological polar surface area (TPSA) is 26.3 Å². The summed E-state index contributed by atoms with van der Waals surface area (Å²) in [5, 5.41) is 0.279. The Balaban J connectivity index is 1.85. The van der Waals surface area contributed by atoms with Crippen molar-refractivity contribution in [2.75, 3.05) is 0 Å². The first-order valence-electron chi connectivity index (χ1n) is 6.80. The molecule has 2 nitrogen and oxygen atoms in total. The van der Waals surface area contributed by atoms with Crippen LogP contribution in [0.25, 0.3) is 0 Å². The second kappa shape index (κ2) is 5.49. The van der Waals surface area contributed by atoms with Crippen LogP contribution in [0.2, 0.25) is 5.02 Å². The molecule has 21 heavy (non-hydrogen) atoms. The van der Waals surface area contributed by atoms with Gasteiger partial charge >= 0.3 is 0 Å². The number of Topliss-reactive ketones (excluding diaryl/α,β-unsaturated/α-hetero) is 1. The third-order valence-corrected chi connectivity index (χ3v) is 3.97. The van der Waals surface area contributed by atoms with Gasteiger partial charge in [-0.25, -0.2) is 4.39 Å². The van der Waals surface area contributed by atoms with Crippen LogP contribution in [0.15, 0.2) is 36.4 Å². The summed E-state index contributed by atoms with van der Waals surface area (Å²) in [5.41, 5.74) is 1.83. The highest BCUT2D eigenvalue weighted by molar-refractivity contribution is 6.31. The first-order valence-corrected chi connectivity index (χ1v) is 7.18. The van der Waals surface area contributed by atoms with E-state index in [-0.39, 0.29) is 28.9 Å². The van der Waals surface area contributed by atoms with Crippen molar-refractivity contribution >= 4 is 17.4 Å². The van der Waals surface area contributed by atoms with Gasteiger partial charge in [-0.2, -0.15) is 0 Å². The van der Waals surface area contributed by atoms with Crippen molar-refractivity contribution in [3.63, 3.8) is 0 Å². The minimum absolute atomic E-state index is 0.0410. The molecule has 0 aromatic heterocycles. The molecule has 1 unspecified atom stereocenters. The van der Waals surface area contributed by atoms with Crippen molar-refractivity contribution in [2.45, 2.75) is 25.9 Å². The zero-order valence-corrected chi connectivity index (χ0v) is 12.3. The highest BCUT2D eigenvalue weighted by atomic mass is 35.5. The maximum absolute atomic E-state index is 13.7. The van der Waals surface area contributed by atoms with E-state index >= 15 is 0 Å². The summed E-state index contributed by atoms with van der Waals surface area (Å²) in [5.74, 6) is 0.223. The van der Waals surface area contributed by atoms with Crippen LogP contribution in [-0.4, -0.2) is 11.9 Å². The molecular weight excluding hydrogens is 291 g/mol. The molecule has 1 atom stereocenters. The summed E-state index contributed by atoms with van der Waals surface area (Å²) < 4.78 is 19.3. The molecule has 3 rings (SSSR count). The molecular formula is C17H14ClFO2. The van der Waals surface area contributed by atoms with E-state index in [4.69, 9.17) is 16.3 Å². The van der Waals surface area contributed by atoms with Crippen LogP contribution in [0.3, 0.4) is 0 Å². The SMILES string of the molecule is CC1Cc2cc(C(=O)Cc3c(F)cccc3Cl)ccc2O1. The molecule has 0 spiro atoms. The molecule has 2 aromatic rings. The van der Waals surface area contributed by atoms with Gasteiger partial charge in [0.15, 0.2) is 5.78 Å². The van der Waals surface area contributed by atoms with E-state index in [1.165, 1.54) is 12.1 Å². The molecule has 0 amide bonds. The molecule has 0 fully saturated rings. The molecule has 0 bridgehead atoms. The quantitative estimate of drug-likeness (QED) is 0.793. The van der Waals surface area contributed by atoms with Crippen LogP contribution < -0.4 is 4.74 Å². The van der Waals surface area contributed by atoms with E-state index in [1.807, 2.05) is 13.0 Å². The Morgan fingerprint density at radius 1 is 1.38 bits per heavy atom. The molecule has 1 heterocycles. The van der Waals surface area contributed by atoms with Gasteiger partial charge in [0.2, 0.25) is 0 Å². The molecule has 0 radical (unpaired) electrons. The van der Waals surface area contributed by atoms with Gasteiger partial charge in [-0.05, 0) is 42.8 Å². The Bertz CT molecular complexity index is 692. The first-order chi connectivity index (χ1) is 10.0. The van der Waals surface area contributed by atoms with Crippen molar-refractivity contribution in [3.8, 4) is 5.75 Å². The second-order valence-electron chi connectivity index (χ2n) is 5.26. The summed E-state index contributed by atoms with van der Waals surface area (Å²) in [6, 6.07) is 9.77. The predicted octanol–water partition coefficient (Wildman–Crippen LogP) is 4.23. The largest absolute Gasteiger partial charge is 0.490 e. The number of hydrogen-bond donors (Lipinski definition) is 0. The lowest BCUT2D eigenvalue weighted by Gasteiger charge is -2.06. The van der Waals surface area contributed by atoms with E-state index < -0.39 is 5.82 Å². The average molecular weight is 305 g/mol. The van der Waals surface area contributed by atoms with Gasteiger partial charge in [0.25, 0.3) is 0 Å². The number of halogens is 2. The Hall–Kier alpha value is -1.87. The maximum atomic E-state index is 13.7. The monoisotopic (exact) mass is 304 g/mol. The van der Waals surface area contributed by atoms with E-state index in [0.29, 0.717) is 5.56 Å². The van der Waals surface area contributed by atoms with Gasteiger partial charge in [-0.1, -0.05) is 17.7 Å². The van der Waals surface area contributed by atoms with E-state index in [0.717, 1.165) is 17.7 Å². The van der Waals surface area contributed by atoms with Gasteiger partial charge in [0, 0.05) is 29.0 Å². The fraction of sp³-hybridized carbons (Fsp3) is 0.235. The zero-order chi connectivity index (χ0) is 15.0. The highest BCUT2D eigenvalue weighted by Gasteiger charge is 2.21. The van der Waals surface area contributed by atoms with Crippen LogP contribution in [-0.2, 0) is 12.8 Å². The minimum atomic E-state index is -0.450. The third-order valence-electron chi connectivity index (χ3n) is 3.62. The van der Waals surface area contributed by atoms with Gasteiger partial charge in [0.1, 0.15) is 17.7 Å². The summed E-state index contributed by atoms with van der Waals surface area (Å²) in [4.78, 5) is 12.3. The minimum Gasteiger partial charge on any atom is -0.490 e. The van der Waals surface area contributed by atoms with Crippen LogP contribution >= 0.6 is 11.6 Å². The normalized spacial score (nSPS) is 16.4. The van der Waals surface area contributed by atoms with Gasteiger partial charge in [-0.15, -0.1) is 0 Å². The van der Waals surface area contributed by atoms with Gasteiger partial charge < -0.3 is 4.74 Å². The molecule has 2 aromatic carbocycles. The molecule has 108 valence electrons. The predicted molar refractivity (Wildman–Crippen MR) is 79.7 cm³/mol. The smallest absolute Gasteiger partial charge is 0.167 e. The van der Waals surface area contributed by atoms with Crippen LogP contribution in [0.1, 0.15) is 28.4 Å². The number of rotatable bonds is 3. The lowest BCUT2D eigenvalue weighted by molar-refractivity contribution is 0.0991. The van der Waals surface area contributed by atoms with E-state index in [1.54, 1.807) is 18.2 Å². The Labute approximate surface area is 127 Å². The van der Waals surface area contributed by atoms with Gasteiger partial charge in [0.05, 0.1) is 0 Å². The molecule has 0 saturated carbocycles. The molecule has 4 heteroatoms.